The van der Waals surface area contributed by atoms with Gasteiger partial charge in [0.2, 0.25) is 5.89 Å². The van der Waals surface area contributed by atoms with E-state index < -0.39 is 5.54 Å². The topological polar surface area (TPSA) is 68.0 Å². The molecule has 1 N–H and O–H groups in total. The first-order valence-electron chi connectivity index (χ1n) is 7.29. The Morgan fingerprint density at radius 3 is 2.68 bits per heavy atom. The maximum atomic E-state index is 12.6. The molecule has 22 heavy (non-hydrogen) atoms. The molecule has 1 amide bonds. The fraction of sp³-hybridized carbons (Fsp3) is 0.438. The zero-order valence-corrected chi connectivity index (χ0v) is 13.6. The van der Waals surface area contributed by atoms with Gasteiger partial charge in [-0.25, -0.2) is 0 Å². The standard InChI is InChI=1S/C16H18ClN3O2/c1-9-4-7-12(13(17)8-9)14(21)19-16(3,11-5-6-11)15-18-10(2)22-20-15/h4,7-8,11H,5-6H2,1-3H3,(H,19,21)/t16-/m1/s1. The third-order valence-corrected chi connectivity index (χ3v) is 4.44. The van der Waals surface area contributed by atoms with Gasteiger partial charge in [-0.3, -0.25) is 4.79 Å². The van der Waals surface area contributed by atoms with Crippen LogP contribution in [0.25, 0.3) is 0 Å². The minimum Gasteiger partial charge on any atom is -0.340 e. The monoisotopic (exact) mass is 319 g/mol. The van der Waals surface area contributed by atoms with E-state index in [2.05, 4.69) is 15.5 Å². The molecule has 116 valence electrons. The summed E-state index contributed by atoms with van der Waals surface area (Å²) in [6.07, 6.45) is 2.07. The lowest BCUT2D eigenvalue weighted by Crippen LogP contribution is -2.46. The smallest absolute Gasteiger partial charge is 0.253 e. The van der Waals surface area contributed by atoms with Crippen LogP contribution in [0.15, 0.2) is 22.7 Å². The number of carbonyl (C=O) groups is 1. The molecule has 0 radical (unpaired) electrons. The van der Waals surface area contributed by atoms with E-state index in [-0.39, 0.29) is 5.91 Å². The van der Waals surface area contributed by atoms with E-state index in [4.69, 9.17) is 16.1 Å². The molecule has 0 spiro atoms. The predicted molar refractivity (Wildman–Crippen MR) is 82.8 cm³/mol. The second kappa shape index (κ2) is 5.39. The fourth-order valence-corrected chi connectivity index (χ4v) is 2.94. The van der Waals surface area contributed by atoms with Crippen molar-refractivity contribution in [3.05, 3.63) is 46.1 Å². The molecule has 5 nitrogen and oxygen atoms in total. The van der Waals surface area contributed by atoms with Crippen LogP contribution in [0, 0.1) is 19.8 Å². The summed E-state index contributed by atoms with van der Waals surface area (Å²) in [5.41, 5.74) is 0.836. The summed E-state index contributed by atoms with van der Waals surface area (Å²) in [5.74, 6) is 1.10. The third-order valence-electron chi connectivity index (χ3n) is 4.13. The molecular formula is C16H18ClN3O2. The van der Waals surface area contributed by atoms with Crippen LogP contribution in [0.1, 0.15) is 47.4 Å². The molecular weight excluding hydrogens is 302 g/mol. The summed E-state index contributed by atoms with van der Waals surface area (Å²) in [7, 11) is 0. The molecule has 1 heterocycles. The number of aromatic nitrogens is 2. The van der Waals surface area contributed by atoms with Crippen molar-refractivity contribution in [3.8, 4) is 0 Å². The Bertz CT molecular complexity index is 724. The van der Waals surface area contributed by atoms with Crippen molar-refractivity contribution in [3.63, 3.8) is 0 Å². The summed E-state index contributed by atoms with van der Waals surface area (Å²) in [4.78, 5) is 16.9. The van der Waals surface area contributed by atoms with Gasteiger partial charge in [0.25, 0.3) is 5.91 Å². The van der Waals surface area contributed by atoms with Crippen LogP contribution in [0.2, 0.25) is 5.02 Å². The van der Waals surface area contributed by atoms with Gasteiger partial charge in [-0.15, -0.1) is 0 Å². The first-order valence-corrected chi connectivity index (χ1v) is 7.67. The van der Waals surface area contributed by atoms with E-state index in [0.29, 0.717) is 28.2 Å². The Hall–Kier alpha value is -1.88. The molecule has 1 atom stereocenters. The van der Waals surface area contributed by atoms with Gasteiger partial charge in [0.15, 0.2) is 5.82 Å². The van der Waals surface area contributed by atoms with Crippen molar-refractivity contribution in [2.75, 3.05) is 0 Å². The molecule has 0 aliphatic heterocycles. The van der Waals surface area contributed by atoms with Gasteiger partial charge in [0.05, 0.1) is 10.6 Å². The highest BCUT2D eigenvalue weighted by Gasteiger charge is 2.47. The van der Waals surface area contributed by atoms with Gasteiger partial charge in [-0.2, -0.15) is 4.98 Å². The van der Waals surface area contributed by atoms with Crippen LogP contribution in [-0.4, -0.2) is 16.0 Å². The molecule has 3 rings (SSSR count). The van der Waals surface area contributed by atoms with Gasteiger partial charge in [0.1, 0.15) is 5.54 Å². The van der Waals surface area contributed by atoms with Gasteiger partial charge >= 0.3 is 0 Å². The van der Waals surface area contributed by atoms with Crippen LogP contribution >= 0.6 is 11.6 Å². The van der Waals surface area contributed by atoms with Crippen molar-refractivity contribution in [2.45, 2.75) is 39.2 Å². The van der Waals surface area contributed by atoms with Crippen LogP contribution in [0.5, 0.6) is 0 Å². The van der Waals surface area contributed by atoms with Crippen LogP contribution in [0.3, 0.4) is 0 Å². The average Bonchev–Trinajstić information content (AvgIpc) is 3.21. The number of aryl methyl sites for hydroxylation is 2. The molecule has 1 fully saturated rings. The lowest BCUT2D eigenvalue weighted by molar-refractivity contribution is 0.0885. The molecule has 1 aliphatic carbocycles. The van der Waals surface area contributed by atoms with Gasteiger partial charge in [0, 0.05) is 6.92 Å². The Kier molecular flexibility index (Phi) is 3.68. The lowest BCUT2D eigenvalue weighted by Gasteiger charge is -2.27. The summed E-state index contributed by atoms with van der Waals surface area (Å²) in [5, 5.41) is 7.50. The Balaban J connectivity index is 1.89. The van der Waals surface area contributed by atoms with Crippen LogP contribution in [0.4, 0.5) is 0 Å². The molecule has 1 aromatic heterocycles. The number of halogens is 1. The van der Waals surface area contributed by atoms with Crippen molar-refractivity contribution >= 4 is 17.5 Å². The first kappa shape index (κ1) is 15.0. The molecule has 1 saturated carbocycles. The minimum atomic E-state index is -0.636. The minimum absolute atomic E-state index is 0.221. The number of carbonyl (C=O) groups excluding carboxylic acids is 1. The predicted octanol–water partition coefficient (Wildman–Crippen LogP) is 3.40. The molecule has 1 aliphatic rings. The zero-order chi connectivity index (χ0) is 15.9. The molecule has 0 bridgehead atoms. The van der Waals surface area contributed by atoms with Crippen molar-refractivity contribution in [2.24, 2.45) is 5.92 Å². The Labute approximate surface area is 134 Å². The van der Waals surface area contributed by atoms with Crippen molar-refractivity contribution < 1.29 is 9.32 Å². The molecule has 1 aromatic carbocycles. The van der Waals surface area contributed by atoms with Gasteiger partial charge in [-0.1, -0.05) is 22.8 Å². The molecule has 6 heteroatoms. The van der Waals surface area contributed by atoms with E-state index >= 15 is 0 Å². The van der Waals surface area contributed by atoms with Crippen molar-refractivity contribution in [1.29, 1.82) is 0 Å². The number of hydrogen-bond donors (Lipinski definition) is 1. The maximum Gasteiger partial charge on any atom is 0.253 e. The van der Waals surface area contributed by atoms with E-state index in [1.165, 1.54) is 0 Å². The largest absolute Gasteiger partial charge is 0.340 e. The van der Waals surface area contributed by atoms with Gasteiger partial charge in [-0.05, 0) is 50.3 Å². The van der Waals surface area contributed by atoms with E-state index in [1.807, 2.05) is 19.9 Å². The van der Waals surface area contributed by atoms with Gasteiger partial charge < -0.3 is 9.84 Å². The molecule has 0 saturated heterocycles. The van der Waals surface area contributed by atoms with Crippen LogP contribution < -0.4 is 5.32 Å². The highest BCUT2D eigenvalue weighted by Crippen LogP contribution is 2.44. The number of nitrogens with zero attached hydrogens (tertiary/aromatic N) is 2. The quantitative estimate of drug-likeness (QED) is 0.937. The third kappa shape index (κ3) is 2.73. The van der Waals surface area contributed by atoms with Crippen LogP contribution in [-0.2, 0) is 5.54 Å². The number of rotatable bonds is 4. The van der Waals surface area contributed by atoms with E-state index in [9.17, 15) is 4.79 Å². The zero-order valence-electron chi connectivity index (χ0n) is 12.8. The Morgan fingerprint density at radius 2 is 2.14 bits per heavy atom. The number of nitrogens with one attached hydrogen (secondary N) is 1. The van der Waals surface area contributed by atoms with E-state index in [1.54, 1.807) is 19.1 Å². The second-order valence-corrected chi connectivity index (χ2v) is 6.46. The number of amides is 1. The first-order chi connectivity index (χ1) is 10.4. The maximum absolute atomic E-state index is 12.6. The second-order valence-electron chi connectivity index (χ2n) is 6.05. The summed E-state index contributed by atoms with van der Waals surface area (Å²) >= 11 is 6.19. The number of hydrogen-bond acceptors (Lipinski definition) is 4. The summed E-state index contributed by atoms with van der Waals surface area (Å²) < 4.78 is 5.08. The highest BCUT2D eigenvalue weighted by molar-refractivity contribution is 6.33. The summed E-state index contributed by atoms with van der Waals surface area (Å²) in [6, 6.07) is 5.39. The summed E-state index contributed by atoms with van der Waals surface area (Å²) in [6.45, 7) is 5.61. The van der Waals surface area contributed by atoms with Crippen molar-refractivity contribution in [1.82, 2.24) is 15.5 Å². The Morgan fingerprint density at radius 1 is 1.41 bits per heavy atom. The average molecular weight is 320 g/mol. The highest BCUT2D eigenvalue weighted by atomic mass is 35.5. The van der Waals surface area contributed by atoms with E-state index in [0.717, 1.165) is 18.4 Å². The molecule has 0 unspecified atom stereocenters. The normalized spacial score (nSPS) is 17.1. The fourth-order valence-electron chi connectivity index (χ4n) is 2.62. The lowest BCUT2D eigenvalue weighted by atomic mass is 9.94. The molecule has 2 aromatic rings. The SMILES string of the molecule is Cc1ccc(C(=O)N[C@@](C)(c2noc(C)n2)C2CC2)c(Cl)c1. The number of benzene rings is 1.